The summed E-state index contributed by atoms with van der Waals surface area (Å²) in [5.41, 5.74) is 4.12. The molecule has 1 N–H and O–H groups in total. The molecule has 1 aromatic heterocycles. The Morgan fingerprint density at radius 1 is 1.16 bits per heavy atom. The number of nitrogens with zero attached hydrogens (tertiary/aromatic N) is 3. The van der Waals surface area contributed by atoms with Crippen LogP contribution < -0.4 is 10.2 Å². The third-order valence-corrected chi connectivity index (χ3v) is 6.50. The van der Waals surface area contributed by atoms with Gasteiger partial charge in [0.2, 0.25) is 16.9 Å². The monoisotopic (exact) mass is 452 g/mol. The first-order chi connectivity index (χ1) is 14.9. The molecule has 6 nitrogen and oxygen atoms in total. The lowest BCUT2D eigenvalue weighted by Crippen LogP contribution is -2.24. The zero-order valence-corrected chi connectivity index (χ0v) is 18.7. The highest BCUT2D eigenvalue weighted by Crippen LogP contribution is 2.34. The first-order valence-corrected chi connectivity index (χ1v) is 11.0. The van der Waals surface area contributed by atoms with E-state index in [9.17, 15) is 9.59 Å². The van der Waals surface area contributed by atoms with Crippen molar-refractivity contribution in [3.8, 4) is 0 Å². The third-order valence-electron chi connectivity index (χ3n) is 5.24. The highest BCUT2D eigenvalue weighted by atomic mass is 35.5. The molecule has 0 aliphatic carbocycles. The van der Waals surface area contributed by atoms with Crippen LogP contribution in [0.1, 0.15) is 34.0 Å². The molecule has 2 aromatic carbocycles. The summed E-state index contributed by atoms with van der Waals surface area (Å²) in [4.78, 5) is 26.6. The molecule has 8 heteroatoms. The molecule has 1 atom stereocenters. The van der Waals surface area contributed by atoms with Gasteiger partial charge in [0.15, 0.2) is 0 Å². The average molecular weight is 453 g/mol. The lowest BCUT2D eigenvalue weighted by Gasteiger charge is -2.17. The van der Waals surface area contributed by atoms with E-state index in [-0.39, 0.29) is 17.7 Å². The van der Waals surface area contributed by atoms with E-state index in [2.05, 4.69) is 22.4 Å². The van der Waals surface area contributed by atoms with Crippen molar-refractivity contribution in [2.45, 2.75) is 26.2 Å². The van der Waals surface area contributed by atoms with Crippen molar-refractivity contribution in [2.75, 3.05) is 16.8 Å². The molecule has 2 heterocycles. The largest absolute Gasteiger partial charge is 0.312 e. The molecule has 4 rings (SSSR count). The highest BCUT2D eigenvalue weighted by Gasteiger charge is 2.34. The third kappa shape index (κ3) is 5.00. The minimum absolute atomic E-state index is 0.0399. The molecular weight excluding hydrogens is 432 g/mol. The Balaban J connectivity index is 1.39. The van der Waals surface area contributed by atoms with E-state index in [4.69, 9.17) is 11.6 Å². The smallest absolute Gasteiger partial charge is 0.250 e. The van der Waals surface area contributed by atoms with E-state index in [1.54, 1.807) is 23.1 Å². The molecule has 1 aliphatic rings. The number of rotatable bonds is 5. The summed E-state index contributed by atoms with van der Waals surface area (Å²) in [6.45, 7) is 4.65. The van der Waals surface area contributed by atoms with Gasteiger partial charge in [0.1, 0.15) is 5.01 Å². The fraction of sp³-hybridized carbons (Fsp3) is 0.217. The zero-order chi connectivity index (χ0) is 22.0. The van der Waals surface area contributed by atoms with Crippen LogP contribution in [0.2, 0.25) is 5.02 Å². The van der Waals surface area contributed by atoms with Crippen molar-refractivity contribution in [3.05, 3.63) is 75.3 Å². The standard InChI is InChI=1S/C23H21ClN4O2S/c1-14-3-9-19(11-15(14)2)28-13-17(12-21(28)30)22-26-27-23(31-22)25-20(29)10-6-16-4-7-18(24)8-5-16/h3-11,17H,12-13H2,1-2H3,(H,25,27,29)/b10-6+. The number of anilines is 2. The topological polar surface area (TPSA) is 75.2 Å². The second-order valence-corrected chi connectivity index (χ2v) is 8.94. The number of halogens is 1. The van der Waals surface area contributed by atoms with Crippen molar-refractivity contribution in [2.24, 2.45) is 0 Å². The molecule has 1 fully saturated rings. The first kappa shape index (κ1) is 21.2. The van der Waals surface area contributed by atoms with Gasteiger partial charge in [-0.1, -0.05) is 41.1 Å². The van der Waals surface area contributed by atoms with Gasteiger partial charge in [-0.15, -0.1) is 10.2 Å². The normalized spacial score (nSPS) is 16.3. The number of carbonyl (C=O) groups is 2. The summed E-state index contributed by atoms with van der Waals surface area (Å²) in [6.07, 6.45) is 3.52. The summed E-state index contributed by atoms with van der Waals surface area (Å²) in [7, 11) is 0. The van der Waals surface area contributed by atoms with E-state index in [0.717, 1.165) is 21.8 Å². The number of carbonyl (C=O) groups excluding carboxylic acids is 2. The van der Waals surface area contributed by atoms with Gasteiger partial charge in [0.05, 0.1) is 0 Å². The van der Waals surface area contributed by atoms with Crippen molar-refractivity contribution in [1.82, 2.24) is 10.2 Å². The van der Waals surface area contributed by atoms with Crippen LogP contribution >= 0.6 is 22.9 Å². The maximum absolute atomic E-state index is 12.6. The van der Waals surface area contributed by atoms with E-state index < -0.39 is 0 Å². The van der Waals surface area contributed by atoms with Gasteiger partial charge in [-0.3, -0.25) is 14.9 Å². The molecule has 0 radical (unpaired) electrons. The minimum Gasteiger partial charge on any atom is -0.312 e. The lowest BCUT2D eigenvalue weighted by molar-refractivity contribution is -0.117. The number of aryl methyl sites for hydroxylation is 2. The first-order valence-electron chi connectivity index (χ1n) is 9.84. The predicted octanol–water partition coefficient (Wildman–Crippen LogP) is 4.98. The fourth-order valence-electron chi connectivity index (χ4n) is 3.36. The Morgan fingerprint density at radius 2 is 1.94 bits per heavy atom. The number of benzene rings is 2. The van der Waals surface area contributed by atoms with Gasteiger partial charge in [0.25, 0.3) is 0 Å². The Labute approximate surface area is 189 Å². The zero-order valence-electron chi connectivity index (χ0n) is 17.1. The molecule has 1 saturated heterocycles. The van der Waals surface area contributed by atoms with Gasteiger partial charge in [0, 0.05) is 35.7 Å². The van der Waals surface area contributed by atoms with Crippen LogP contribution in [-0.2, 0) is 9.59 Å². The van der Waals surface area contributed by atoms with Crippen molar-refractivity contribution in [3.63, 3.8) is 0 Å². The van der Waals surface area contributed by atoms with Crippen molar-refractivity contribution in [1.29, 1.82) is 0 Å². The van der Waals surface area contributed by atoms with E-state index in [0.29, 0.717) is 23.1 Å². The van der Waals surface area contributed by atoms with Crippen molar-refractivity contribution >= 4 is 51.6 Å². The molecule has 31 heavy (non-hydrogen) atoms. The predicted molar refractivity (Wildman–Crippen MR) is 125 cm³/mol. The highest BCUT2D eigenvalue weighted by molar-refractivity contribution is 7.15. The van der Waals surface area contributed by atoms with Crippen LogP contribution in [0.15, 0.2) is 48.5 Å². The van der Waals surface area contributed by atoms with Crippen LogP contribution in [0.25, 0.3) is 6.08 Å². The Hall–Kier alpha value is -3.03. The summed E-state index contributed by atoms with van der Waals surface area (Å²) in [5, 5.41) is 12.8. The summed E-state index contributed by atoms with van der Waals surface area (Å²) in [6, 6.07) is 13.2. The molecule has 0 saturated carbocycles. The Morgan fingerprint density at radius 3 is 2.68 bits per heavy atom. The molecular formula is C23H21ClN4O2S. The van der Waals surface area contributed by atoms with Crippen LogP contribution in [-0.4, -0.2) is 28.6 Å². The van der Waals surface area contributed by atoms with Gasteiger partial charge in [-0.25, -0.2) is 0 Å². The fourth-order valence-corrected chi connectivity index (χ4v) is 4.32. The summed E-state index contributed by atoms with van der Waals surface area (Å²) >= 11 is 7.17. The van der Waals surface area contributed by atoms with E-state index in [1.165, 1.54) is 23.0 Å². The molecule has 1 unspecified atom stereocenters. The van der Waals surface area contributed by atoms with Crippen LogP contribution in [0.4, 0.5) is 10.8 Å². The van der Waals surface area contributed by atoms with Gasteiger partial charge in [-0.2, -0.15) is 0 Å². The van der Waals surface area contributed by atoms with Gasteiger partial charge < -0.3 is 4.90 Å². The van der Waals surface area contributed by atoms with Crippen LogP contribution in [0.3, 0.4) is 0 Å². The number of nitrogens with one attached hydrogen (secondary N) is 1. The molecule has 2 amide bonds. The lowest BCUT2D eigenvalue weighted by atomic mass is 10.1. The van der Waals surface area contributed by atoms with Crippen LogP contribution in [0.5, 0.6) is 0 Å². The Kier molecular flexibility index (Phi) is 6.15. The second-order valence-electron chi connectivity index (χ2n) is 7.49. The maximum atomic E-state index is 12.6. The second kappa shape index (κ2) is 8.99. The average Bonchev–Trinajstić information content (AvgIpc) is 3.36. The number of amides is 2. The number of hydrogen-bond donors (Lipinski definition) is 1. The number of aromatic nitrogens is 2. The van der Waals surface area contributed by atoms with Gasteiger partial charge >= 0.3 is 0 Å². The van der Waals surface area contributed by atoms with Gasteiger partial charge in [-0.05, 0) is 60.9 Å². The quantitative estimate of drug-likeness (QED) is 0.554. The Bertz CT molecular complexity index is 1160. The molecule has 0 bridgehead atoms. The van der Waals surface area contributed by atoms with E-state index in [1.807, 2.05) is 37.3 Å². The van der Waals surface area contributed by atoms with Crippen molar-refractivity contribution < 1.29 is 9.59 Å². The summed E-state index contributed by atoms with van der Waals surface area (Å²) < 4.78 is 0. The summed E-state index contributed by atoms with van der Waals surface area (Å²) in [5.74, 6) is -0.265. The van der Waals surface area contributed by atoms with Crippen LogP contribution in [0, 0.1) is 13.8 Å². The molecule has 158 valence electrons. The number of hydrogen-bond acceptors (Lipinski definition) is 5. The molecule has 0 spiro atoms. The minimum atomic E-state index is -0.295. The molecule has 1 aliphatic heterocycles. The maximum Gasteiger partial charge on any atom is 0.250 e. The molecule has 3 aromatic rings. The SMILES string of the molecule is Cc1ccc(N2CC(c3nnc(NC(=O)/C=C/c4ccc(Cl)cc4)s3)CC2=O)cc1C. The van der Waals surface area contributed by atoms with E-state index >= 15 is 0 Å².